The first-order chi connectivity index (χ1) is 7.62. The van der Waals surface area contributed by atoms with Crippen molar-refractivity contribution in [3.63, 3.8) is 0 Å². The van der Waals surface area contributed by atoms with E-state index in [1.807, 2.05) is 12.2 Å². The predicted octanol–water partition coefficient (Wildman–Crippen LogP) is 6.01. The molecule has 0 bridgehead atoms. The highest BCUT2D eigenvalue weighted by atomic mass is 35.7. The quantitative estimate of drug-likeness (QED) is 0.188. The van der Waals surface area contributed by atoms with Crippen LogP contribution in [0.2, 0.25) is 12.1 Å². The van der Waals surface area contributed by atoms with E-state index in [-0.39, 0.29) is 0 Å². The van der Waals surface area contributed by atoms with E-state index in [2.05, 4.69) is 13.2 Å². The molecule has 0 aromatic carbocycles. The van der Waals surface area contributed by atoms with E-state index < -0.39 is 6.69 Å². The second-order valence-corrected chi connectivity index (χ2v) is 11.8. The Bertz CT molecular complexity index is 190. The molecule has 0 aliphatic carbocycles. The van der Waals surface area contributed by atoms with Crippen LogP contribution in [0.3, 0.4) is 0 Å². The van der Waals surface area contributed by atoms with Crippen LogP contribution in [0.15, 0.2) is 25.3 Å². The maximum atomic E-state index is 6.24. The molecule has 3 heteroatoms. The van der Waals surface area contributed by atoms with Crippen molar-refractivity contribution in [1.29, 1.82) is 0 Å². The molecule has 16 heavy (non-hydrogen) atoms. The van der Waals surface area contributed by atoms with Crippen molar-refractivity contribution >= 4 is 28.9 Å². The van der Waals surface area contributed by atoms with Gasteiger partial charge in [0.2, 0.25) is 0 Å². The molecule has 0 saturated carbocycles. The average Bonchev–Trinajstić information content (AvgIpc) is 2.22. The largest absolute Gasteiger partial charge is 0.254 e. The number of allylic oxidation sites excluding steroid dienone is 2. The summed E-state index contributed by atoms with van der Waals surface area (Å²) in [7, 11) is 0. The smallest absolute Gasteiger partial charge is 0.146 e. The number of hydrogen-bond donors (Lipinski definition) is 0. The maximum Gasteiger partial charge on any atom is 0.254 e. The van der Waals surface area contributed by atoms with E-state index in [4.69, 9.17) is 22.2 Å². The molecule has 0 spiro atoms. The lowest BCUT2D eigenvalue weighted by atomic mass is 10.1. The van der Waals surface area contributed by atoms with Crippen LogP contribution in [0.1, 0.15) is 44.9 Å². The standard InChI is InChI=1S/C13H24Cl2Si/c1-3-5-6-7-8-9-10-11-13-16(14,15)12-4-2/h3-4H,1-2,5-13H2. The summed E-state index contributed by atoms with van der Waals surface area (Å²) in [5.41, 5.74) is 0. The Labute approximate surface area is 111 Å². The summed E-state index contributed by atoms with van der Waals surface area (Å²) in [5, 5.41) is 0. The molecular weight excluding hydrogens is 255 g/mol. The SMILES string of the molecule is C=CCCCCCCCC[Si](Cl)(Cl)CC=C. The summed E-state index contributed by atoms with van der Waals surface area (Å²) in [6.07, 6.45) is 12.7. The van der Waals surface area contributed by atoms with Gasteiger partial charge in [0.15, 0.2) is 0 Å². The summed E-state index contributed by atoms with van der Waals surface area (Å²) in [5.74, 6) is 0. The van der Waals surface area contributed by atoms with Crippen molar-refractivity contribution in [3.05, 3.63) is 25.3 Å². The van der Waals surface area contributed by atoms with E-state index in [0.29, 0.717) is 0 Å². The fourth-order valence-electron chi connectivity index (χ4n) is 1.69. The Hall–Kier alpha value is 0.277. The highest BCUT2D eigenvalue weighted by Gasteiger charge is 2.25. The lowest BCUT2D eigenvalue weighted by molar-refractivity contribution is 0.610. The Morgan fingerprint density at radius 3 is 1.94 bits per heavy atom. The zero-order chi connectivity index (χ0) is 12.3. The second kappa shape index (κ2) is 10.4. The Morgan fingerprint density at radius 2 is 1.38 bits per heavy atom. The fourth-order valence-corrected chi connectivity index (χ4v) is 4.54. The monoisotopic (exact) mass is 278 g/mol. The van der Waals surface area contributed by atoms with Crippen LogP contribution in [0.4, 0.5) is 0 Å². The second-order valence-electron chi connectivity index (χ2n) is 4.30. The van der Waals surface area contributed by atoms with E-state index in [1.54, 1.807) is 0 Å². The summed E-state index contributed by atoms with van der Waals surface area (Å²) in [6.45, 7) is 5.44. The van der Waals surface area contributed by atoms with Gasteiger partial charge >= 0.3 is 0 Å². The van der Waals surface area contributed by atoms with Gasteiger partial charge in [-0.1, -0.05) is 44.3 Å². The maximum absolute atomic E-state index is 6.24. The molecule has 0 aliphatic heterocycles. The molecule has 0 amide bonds. The first kappa shape index (κ1) is 16.3. The van der Waals surface area contributed by atoms with Crippen LogP contribution in [0.25, 0.3) is 0 Å². The topological polar surface area (TPSA) is 0 Å². The molecule has 0 atom stereocenters. The first-order valence-electron chi connectivity index (χ1n) is 6.22. The third kappa shape index (κ3) is 10.8. The minimum absolute atomic E-state index is 0.815. The van der Waals surface area contributed by atoms with E-state index >= 15 is 0 Å². The summed E-state index contributed by atoms with van der Waals surface area (Å²) < 4.78 is 0. The first-order valence-corrected chi connectivity index (χ1v) is 10.7. The molecule has 0 aromatic heterocycles. The van der Waals surface area contributed by atoms with Crippen LogP contribution >= 0.6 is 22.2 Å². The number of rotatable bonds is 11. The fraction of sp³-hybridized carbons (Fsp3) is 0.692. The molecular formula is C13H24Cl2Si. The predicted molar refractivity (Wildman–Crippen MR) is 79.8 cm³/mol. The summed E-state index contributed by atoms with van der Waals surface area (Å²) in [6, 6.07) is 1.82. The van der Waals surface area contributed by atoms with E-state index in [9.17, 15) is 0 Å². The molecule has 0 aliphatic rings. The molecule has 0 fully saturated rings. The van der Waals surface area contributed by atoms with Gasteiger partial charge in [-0.2, -0.15) is 0 Å². The average molecular weight is 279 g/mol. The van der Waals surface area contributed by atoms with Gasteiger partial charge < -0.3 is 0 Å². The molecule has 0 heterocycles. The number of hydrogen-bond acceptors (Lipinski definition) is 0. The minimum Gasteiger partial charge on any atom is -0.146 e. The number of unbranched alkanes of at least 4 members (excludes halogenated alkanes) is 6. The molecule has 0 nitrogen and oxygen atoms in total. The van der Waals surface area contributed by atoms with Gasteiger partial charge in [0.25, 0.3) is 6.69 Å². The number of halogens is 2. The molecule has 0 radical (unpaired) electrons. The third-order valence-electron chi connectivity index (χ3n) is 2.64. The van der Waals surface area contributed by atoms with Crippen molar-refractivity contribution in [2.24, 2.45) is 0 Å². The highest BCUT2D eigenvalue weighted by molar-refractivity contribution is 7.45. The molecule has 0 aromatic rings. The van der Waals surface area contributed by atoms with Crippen LogP contribution in [-0.4, -0.2) is 6.69 Å². The Morgan fingerprint density at radius 1 is 0.812 bits per heavy atom. The summed E-state index contributed by atoms with van der Waals surface area (Å²) >= 11 is 12.5. The van der Waals surface area contributed by atoms with E-state index in [1.165, 1.54) is 38.5 Å². The lowest BCUT2D eigenvalue weighted by Crippen LogP contribution is -2.16. The minimum atomic E-state index is -1.97. The van der Waals surface area contributed by atoms with Crippen molar-refractivity contribution in [2.45, 2.75) is 57.0 Å². The highest BCUT2D eigenvalue weighted by Crippen LogP contribution is 2.28. The van der Waals surface area contributed by atoms with E-state index in [0.717, 1.165) is 18.5 Å². The normalized spacial score (nSPS) is 11.4. The Balaban J connectivity index is 3.26. The molecule has 0 saturated heterocycles. The van der Waals surface area contributed by atoms with Gasteiger partial charge in [0.05, 0.1) is 0 Å². The molecule has 94 valence electrons. The zero-order valence-corrected chi connectivity index (χ0v) is 12.7. The van der Waals surface area contributed by atoms with Crippen LogP contribution in [-0.2, 0) is 0 Å². The summed E-state index contributed by atoms with van der Waals surface area (Å²) in [4.78, 5) is 0. The van der Waals surface area contributed by atoms with Gasteiger partial charge in [-0.15, -0.1) is 35.3 Å². The Kier molecular flexibility index (Phi) is 10.6. The van der Waals surface area contributed by atoms with Crippen LogP contribution in [0.5, 0.6) is 0 Å². The zero-order valence-electron chi connectivity index (χ0n) is 10.2. The van der Waals surface area contributed by atoms with Crippen LogP contribution in [0, 0.1) is 0 Å². The molecule has 0 rings (SSSR count). The van der Waals surface area contributed by atoms with Crippen molar-refractivity contribution in [2.75, 3.05) is 0 Å². The van der Waals surface area contributed by atoms with Gasteiger partial charge in [0.1, 0.15) is 0 Å². The van der Waals surface area contributed by atoms with Gasteiger partial charge in [-0.05, 0) is 24.9 Å². The van der Waals surface area contributed by atoms with Crippen molar-refractivity contribution in [3.8, 4) is 0 Å². The van der Waals surface area contributed by atoms with Crippen molar-refractivity contribution in [1.82, 2.24) is 0 Å². The van der Waals surface area contributed by atoms with Gasteiger partial charge in [0, 0.05) is 0 Å². The molecule has 0 unspecified atom stereocenters. The molecule has 0 N–H and O–H groups in total. The van der Waals surface area contributed by atoms with Crippen molar-refractivity contribution < 1.29 is 0 Å². The van der Waals surface area contributed by atoms with Gasteiger partial charge in [-0.25, -0.2) is 0 Å². The van der Waals surface area contributed by atoms with Gasteiger partial charge in [-0.3, -0.25) is 0 Å². The third-order valence-corrected chi connectivity index (χ3v) is 6.67. The lowest BCUT2D eigenvalue weighted by Gasteiger charge is -2.13. The van der Waals surface area contributed by atoms with Crippen LogP contribution < -0.4 is 0 Å².